The van der Waals surface area contributed by atoms with E-state index in [0.717, 1.165) is 18.0 Å². The standard InChI is InChI=1S/C12H14N2O3/c15-14(16)12(11-4-2-1-3-5-11)10-13-6-8-17-9-7-13/h1-5,10H,6-9H2/p+1/b12-10+. The smallest absolute Gasteiger partial charge is 0.328 e. The van der Waals surface area contributed by atoms with Crippen LogP contribution in [0, 0.1) is 10.1 Å². The van der Waals surface area contributed by atoms with Gasteiger partial charge in [-0.15, -0.1) is 0 Å². The molecule has 1 heterocycles. The van der Waals surface area contributed by atoms with Crippen molar-refractivity contribution in [3.05, 3.63) is 52.2 Å². The average molecular weight is 235 g/mol. The molecule has 0 amide bonds. The summed E-state index contributed by atoms with van der Waals surface area (Å²) in [4.78, 5) is 11.8. The Bertz CT molecular complexity index is 411. The van der Waals surface area contributed by atoms with Crippen LogP contribution in [0.15, 0.2) is 36.5 Å². The van der Waals surface area contributed by atoms with Crippen molar-refractivity contribution in [1.82, 2.24) is 0 Å². The zero-order valence-electron chi connectivity index (χ0n) is 9.46. The molecular formula is C12H15N2O3+. The van der Waals surface area contributed by atoms with E-state index in [1.165, 1.54) is 0 Å². The van der Waals surface area contributed by atoms with Crippen molar-refractivity contribution in [1.29, 1.82) is 0 Å². The van der Waals surface area contributed by atoms with Crippen molar-refractivity contribution in [3.8, 4) is 0 Å². The van der Waals surface area contributed by atoms with Gasteiger partial charge in [0.05, 0.1) is 23.7 Å². The monoisotopic (exact) mass is 235 g/mol. The van der Waals surface area contributed by atoms with E-state index in [0.29, 0.717) is 18.8 Å². The molecule has 0 bridgehead atoms. The van der Waals surface area contributed by atoms with Gasteiger partial charge in [-0.25, -0.2) is 0 Å². The van der Waals surface area contributed by atoms with E-state index in [1.54, 1.807) is 30.5 Å². The predicted octanol–water partition coefficient (Wildman–Crippen LogP) is 0.177. The maximum atomic E-state index is 11.1. The molecule has 2 rings (SSSR count). The van der Waals surface area contributed by atoms with Gasteiger partial charge in [0.25, 0.3) is 0 Å². The Kier molecular flexibility index (Phi) is 3.85. The average Bonchev–Trinajstić information content (AvgIpc) is 2.38. The topological polar surface area (TPSA) is 56.8 Å². The number of nitrogens with zero attached hydrogens (tertiary/aromatic N) is 1. The number of hydrogen-bond acceptors (Lipinski definition) is 3. The number of morpholine rings is 1. The van der Waals surface area contributed by atoms with Crippen LogP contribution in [-0.2, 0) is 4.74 Å². The molecule has 1 fully saturated rings. The second-order valence-corrected chi connectivity index (χ2v) is 3.92. The Labute approximate surface area is 99.5 Å². The van der Waals surface area contributed by atoms with Gasteiger partial charge in [-0.05, 0) is 12.1 Å². The Morgan fingerprint density at radius 2 is 1.94 bits per heavy atom. The Hall–Kier alpha value is -1.72. The van der Waals surface area contributed by atoms with Crippen LogP contribution in [0.5, 0.6) is 0 Å². The van der Waals surface area contributed by atoms with E-state index >= 15 is 0 Å². The summed E-state index contributed by atoms with van der Waals surface area (Å²) in [7, 11) is 0. The molecule has 1 saturated heterocycles. The molecule has 0 unspecified atom stereocenters. The van der Waals surface area contributed by atoms with Crippen molar-refractivity contribution in [2.24, 2.45) is 0 Å². The van der Waals surface area contributed by atoms with E-state index in [9.17, 15) is 10.1 Å². The molecule has 1 aromatic carbocycles. The molecule has 17 heavy (non-hydrogen) atoms. The van der Waals surface area contributed by atoms with Crippen LogP contribution in [0.4, 0.5) is 0 Å². The minimum Gasteiger partial charge on any atom is -0.370 e. The number of rotatable bonds is 3. The number of nitrogens with one attached hydrogen (secondary N) is 1. The quantitative estimate of drug-likeness (QED) is 0.600. The molecule has 5 nitrogen and oxygen atoms in total. The third kappa shape index (κ3) is 3.12. The fraction of sp³-hybridized carbons (Fsp3) is 0.333. The predicted molar refractivity (Wildman–Crippen MR) is 62.9 cm³/mol. The minimum absolute atomic E-state index is 0.169. The summed E-state index contributed by atoms with van der Waals surface area (Å²) in [5, 5.41) is 11.1. The normalized spacial score (nSPS) is 18.0. The number of ether oxygens (including phenoxy) is 1. The summed E-state index contributed by atoms with van der Waals surface area (Å²) >= 11 is 0. The molecule has 0 aromatic heterocycles. The molecule has 0 spiro atoms. The highest BCUT2D eigenvalue weighted by Gasteiger charge is 2.20. The third-order valence-corrected chi connectivity index (χ3v) is 2.74. The van der Waals surface area contributed by atoms with Crippen LogP contribution in [0.3, 0.4) is 0 Å². The van der Waals surface area contributed by atoms with Crippen molar-refractivity contribution in [3.63, 3.8) is 0 Å². The molecular weight excluding hydrogens is 220 g/mol. The van der Waals surface area contributed by atoms with Gasteiger partial charge in [0.2, 0.25) is 0 Å². The molecule has 0 saturated carbocycles. The van der Waals surface area contributed by atoms with Crippen LogP contribution in [0.25, 0.3) is 5.70 Å². The molecule has 1 aliphatic rings. The number of nitro groups is 1. The first kappa shape index (κ1) is 11.8. The maximum Gasteiger partial charge on any atom is 0.328 e. The number of benzene rings is 1. The lowest BCUT2D eigenvalue weighted by Gasteiger charge is -2.19. The van der Waals surface area contributed by atoms with Crippen LogP contribution >= 0.6 is 0 Å². The van der Waals surface area contributed by atoms with Gasteiger partial charge >= 0.3 is 5.70 Å². The summed E-state index contributed by atoms with van der Waals surface area (Å²) in [6.07, 6.45) is 1.69. The minimum atomic E-state index is -0.322. The molecule has 5 heteroatoms. The largest absolute Gasteiger partial charge is 0.370 e. The molecule has 1 N–H and O–H groups in total. The summed E-state index contributed by atoms with van der Waals surface area (Å²) in [6.45, 7) is 2.88. The Morgan fingerprint density at radius 3 is 2.53 bits per heavy atom. The summed E-state index contributed by atoms with van der Waals surface area (Å²) in [5.74, 6) is 0. The van der Waals surface area contributed by atoms with E-state index in [-0.39, 0.29) is 10.6 Å². The zero-order chi connectivity index (χ0) is 12.1. The number of hydrogen-bond donors (Lipinski definition) is 1. The number of quaternary nitrogens is 1. The molecule has 1 aliphatic heterocycles. The van der Waals surface area contributed by atoms with Gasteiger partial charge in [-0.3, -0.25) is 15.0 Å². The maximum absolute atomic E-state index is 11.1. The SMILES string of the molecule is O=[N+]([O-])/C(=C/[NH+]1CCOCC1)c1ccccc1. The van der Waals surface area contributed by atoms with E-state index < -0.39 is 0 Å². The lowest BCUT2D eigenvalue weighted by atomic mass is 10.2. The molecule has 90 valence electrons. The first-order chi connectivity index (χ1) is 8.27. The van der Waals surface area contributed by atoms with E-state index in [1.807, 2.05) is 6.07 Å². The summed E-state index contributed by atoms with van der Waals surface area (Å²) in [5.41, 5.74) is 0.819. The third-order valence-electron chi connectivity index (χ3n) is 2.74. The Balaban J connectivity index is 2.22. The van der Waals surface area contributed by atoms with Crippen molar-refractivity contribution < 1.29 is 14.6 Å². The van der Waals surface area contributed by atoms with Gasteiger partial charge < -0.3 is 4.74 Å². The highest BCUT2D eigenvalue weighted by molar-refractivity contribution is 5.56. The van der Waals surface area contributed by atoms with Crippen LogP contribution in [0.1, 0.15) is 5.56 Å². The molecule has 1 aromatic rings. The van der Waals surface area contributed by atoms with Gasteiger partial charge in [-0.2, -0.15) is 0 Å². The van der Waals surface area contributed by atoms with E-state index in [2.05, 4.69) is 0 Å². The van der Waals surface area contributed by atoms with Crippen molar-refractivity contribution in [2.75, 3.05) is 26.3 Å². The van der Waals surface area contributed by atoms with Gasteiger partial charge in [0, 0.05) is 0 Å². The fourth-order valence-corrected chi connectivity index (χ4v) is 1.82. The highest BCUT2D eigenvalue weighted by Crippen LogP contribution is 2.12. The fourth-order valence-electron chi connectivity index (χ4n) is 1.82. The lowest BCUT2D eigenvalue weighted by molar-refractivity contribution is -0.856. The summed E-state index contributed by atoms with van der Waals surface area (Å²) < 4.78 is 5.23. The highest BCUT2D eigenvalue weighted by atomic mass is 16.6. The van der Waals surface area contributed by atoms with Crippen molar-refractivity contribution >= 4 is 5.70 Å². The van der Waals surface area contributed by atoms with Gasteiger partial charge in [0.1, 0.15) is 13.1 Å². The molecule has 0 aliphatic carbocycles. The van der Waals surface area contributed by atoms with Gasteiger partial charge in [0.15, 0.2) is 6.20 Å². The van der Waals surface area contributed by atoms with Gasteiger partial charge in [-0.1, -0.05) is 18.2 Å². The second kappa shape index (κ2) is 5.56. The Morgan fingerprint density at radius 1 is 1.29 bits per heavy atom. The second-order valence-electron chi connectivity index (χ2n) is 3.92. The zero-order valence-corrected chi connectivity index (χ0v) is 9.46. The first-order valence-electron chi connectivity index (χ1n) is 5.61. The van der Waals surface area contributed by atoms with Crippen LogP contribution < -0.4 is 4.90 Å². The van der Waals surface area contributed by atoms with Crippen LogP contribution in [0.2, 0.25) is 0 Å². The summed E-state index contributed by atoms with van der Waals surface area (Å²) in [6, 6.07) is 8.98. The van der Waals surface area contributed by atoms with Crippen LogP contribution in [-0.4, -0.2) is 31.2 Å². The molecule has 0 radical (unpaired) electrons. The molecule has 0 atom stereocenters. The lowest BCUT2D eigenvalue weighted by Crippen LogP contribution is -3.09. The van der Waals surface area contributed by atoms with Crippen molar-refractivity contribution in [2.45, 2.75) is 0 Å². The first-order valence-corrected chi connectivity index (χ1v) is 5.61. The van der Waals surface area contributed by atoms with E-state index in [4.69, 9.17) is 4.74 Å².